The molecule has 0 N–H and O–H groups in total. The van der Waals surface area contributed by atoms with Crippen LogP contribution in [-0.4, -0.2) is 22.8 Å². The molecule has 0 saturated heterocycles. The summed E-state index contributed by atoms with van der Waals surface area (Å²) in [6, 6.07) is 0. The summed E-state index contributed by atoms with van der Waals surface area (Å²) >= 11 is 1.38. The summed E-state index contributed by atoms with van der Waals surface area (Å²) in [5, 5.41) is 9.33. The monoisotopic (exact) mass is 226 g/mol. The Morgan fingerprint density at radius 1 is 1.47 bits per heavy atom. The van der Waals surface area contributed by atoms with Crippen LogP contribution in [0.15, 0.2) is 0 Å². The van der Waals surface area contributed by atoms with Gasteiger partial charge in [0, 0.05) is 5.92 Å². The fourth-order valence-corrected chi connectivity index (χ4v) is 2.75. The number of carbonyl (C=O) groups is 1. The first kappa shape index (κ1) is 10.5. The van der Waals surface area contributed by atoms with Gasteiger partial charge in [-0.25, -0.2) is 4.79 Å². The first-order valence-electron chi connectivity index (χ1n) is 5.31. The third kappa shape index (κ3) is 2.34. The Bertz CT molecular complexity index is 345. The van der Waals surface area contributed by atoms with Crippen LogP contribution in [0.5, 0.6) is 0 Å². The molecular weight excluding hydrogens is 212 g/mol. The first-order valence-corrected chi connectivity index (χ1v) is 6.13. The zero-order chi connectivity index (χ0) is 10.7. The number of hydrogen-bond acceptors (Lipinski definition) is 5. The van der Waals surface area contributed by atoms with Gasteiger partial charge in [-0.3, -0.25) is 0 Å². The van der Waals surface area contributed by atoms with Gasteiger partial charge in [0.2, 0.25) is 5.01 Å². The average Bonchev–Trinajstić information content (AvgIpc) is 2.89. The minimum atomic E-state index is -0.348. The fraction of sp³-hybridized carbons (Fsp3) is 0.700. The standard InChI is InChI=1S/C10H14N2O2S/c1-2-14-10(13)9-12-11-8(15-9)7-5-3-4-6-7/h7H,2-6H2,1H3. The molecule has 2 rings (SSSR count). The summed E-state index contributed by atoms with van der Waals surface area (Å²) in [5.74, 6) is 0.171. The van der Waals surface area contributed by atoms with E-state index in [1.165, 1.54) is 37.0 Å². The molecule has 1 aliphatic carbocycles. The molecule has 0 atom stereocenters. The second-order valence-corrected chi connectivity index (χ2v) is 4.66. The van der Waals surface area contributed by atoms with Gasteiger partial charge in [-0.2, -0.15) is 0 Å². The lowest BCUT2D eigenvalue weighted by Gasteiger charge is -2.00. The molecule has 0 spiro atoms. The predicted molar refractivity (Wildman–Crippen MR) is 57.1 cm³/mol. The molecule has 0 bridgehead atoms. The van der Waals surface area contributed by atoms with Crippen LogP contribution in [0.1, 0.15) is 53.3 Å². The van der Waals surface area contributed by atoms with Crippen LogP contribution in [0.4, 0.5) is 0 Å². The second-order valence-electron chi connectivity index (χ2n) is 3.65. The van der Waals surface area contributed by atoms with E-state index in [2.05, 4.69) is 10.2 Å². The quantitative estimate of drug-likeness (QED) is 0.742. The lowest BCUT2D eigenvalue weighted by Crippen LogP contribution is -2.03. The van der Waals surface area contributed by atoms with Crippen LogP contribution >= 0.6 is 11.3 Å². The lowest BCUT2D eigenvalue weighted by molar-refractivity contribution is 0.0525. The molecule has 0 aliphatic heterocycles. The fourth-order valence-electron chi connectivity index (χ4n) is 1.85. The maximum Gasteiger partial charge on any atom is 0.369 e. The largest absolute Gasteiger partial charge is 0.461 e. The van der Waals surface area contributed by atoms with Gasteiger partial charge in [-0.05, 0) is 19.8 Å². The molecule has 1 fully saturated rings. The number of hydrogen-bond donors (Lipinski definition) is 0. The number of rotatable bonds is 3. The highest BCUT2D eigenvalue weighted by molar-refractivity contribution is 7.13. The molecule has 5 heteroatoms. The van der Waals surface area contributed by atoms with E-state index in [-0.39, 0.29) is 5.97 Å². The van der Waals surface area contributed by atoms with Gasteiger partial charge in [-0.1, -0.05) is 24.2 Å². The van der Waals surface area contributed by atoms with Crippen molar-refractivity contribution in [3.8, 4) is 0 Å². The van der Waals surface area contributed by atoms with E-state index >= 15 is 0 Å². The molecule has 1 aromatic rings. The summed E-state index contributed by atoms with van der Waals surface area (Å²) in [6.07, 6.45) is 4.88. The molecule has 0 amide bonds. The van der Waals surface area contributed by atoms with Gasteiger partial charge in [0.05, 0.1) is 6.61 Å². The molecule has 0 aromatic carbocycles. The number of nitrogens with zero attached hydrogens (tertiary/aromatic N) is 2. The maximum atomic E-state index is 11.4. The van der Waals surface area contributed by atoms with E-state index in [1.54, 1.807) is 6.92 Å². The van der Waals surface area contributed by atoms with E-state index in [1.807, 2.05) is 0 Å². The summed E-state index contributed by atoms with van der Waals surface area (Å²) in [7, 11) is 0. The third-order valence-corrected chi connectivity index (χ3v) is 3.66. The number of carbonyl (C=O) groups excluding carboxylic acids is 1. The maximum absolute atomic E-state index is 11.4. The summed E-state index contributed by atoms with van der Waals surface area (Å²) in [4.78, 5) is 11.4. The number of ether oxygens (including phenoxy) is 1. The van der Waals surface area contributed by atoms with Crippen LogP contribution in [-0.2, 0) is 4.74 Å². The molecule has 1 aromatic heterocycles. The highest BCUT2D eigenvalue weighted by Crippen LogP contribution is 2.35. The molecule has 1 heterocycles. The average molecular weight is 226 g/mol. The predicted octanol–water partition coefficient (Wildman–Crippen LogP) is 2.37. The lowest BCUT2D eigenvalue weighted by atomic mass is 10.1. The van der Waals surface area contributed by atoms with E-state index in [0.717, 1.165) is 5.01 Å². The second kappa shape index (κ2) is 4.70. The third-order valence-electron chi connectivity index (χ3n) is 2.60. The van der Waals surface area contributed by atoms with E-state index in [4.69, 9.17) is 4.74 Å². The minimum absolute atomic E-state index is 0.348. The normalized spacial score (nSPS) is 16.9. The van der Waals surface area contributed by atoms with Crippen molar-refractivity contribution in [2.24, 2.45) is 0 Å². The van der Waals surface area contributed by atoms with Gasteiger partial charge in [0.1, 0.15) is 5.01 Å². The van der Waals surface area contributed by atoms with E-state index in [0.29, 0.717) is 17.5 Å². The Morgan fingerprint density at radius 3 is 2.87 bits per heavy atom. The summed E-state index contributed by atoms with van der Waals surface area (Å²) in [5.41, 5.74) is 0. The number of aromatic nitrogens is 2. The SMILES string of the molecule is CCOC(=O)c1nnc(C2CCCC2)s1. The molecule has 1 aliphatic rings. The Kier molecular flexibility index (Phi) is 3.30. The Morgan fingerprint density at radius 2 is 2.20 bits per heavy atom. The zero-order valence-electron chi connectivity index (χ0n) is 8.73. The van der Waals surface area contributed by atoms with Gasteiger partial charge < -0.3 is 4.74 Å². The van der Waals surface area contributed by atoms with Crippen molar-refractivity contribution in [1.82, 2.24) is 10.2 Å². The molecule has 0 radical (unpaired) electrons. The van der Waals surface area contributed by atoms with Crippen LogP contribution in [0.3, 0.4) is 0 Å². The molecule has 4 nitrogen and oxygen atoms in total. The van der Waals surface area contributed by atoms with Crippen molar-refractivity contribution in [3.05, 3.63) is 10.0 Å². The first-order chi connectivity index (χ1) is 7.31. The summed E-state index contributed by atoms with van der Waals surface area (Å²) < 4.78 is 4.87. The van der Waals surface area contributed by atoms with Crippen LogP contribution in [0.2, 0.25) is 0 Å². The minimum Gasteiger partial charge on any atom is -0.461 e. The smallest absolute Gasteiger partial charge is 0.369 e. The molecular formula is C10H14N2O2S. The highest BCUT2D eigenvalue weighted by atomic mass is 32.1. The van der Waals surface area contributed by atoms with Gasteiger partial charge in [0.25, 0.3) is 0 Å². The Labute approximate surface area is 92.7 Å². The topological polar surface area (TPSA) is 52.1 Å². The van der Waals surface area contributed by atoms with Gasteiger partial charge >= 0.3 is 5.97 Å². The Hall–Kier alpha value is -0.970. The van der Waals surface area contributed by atoms with Crippen molar-refractivity contribution in [2.75, 3.05) is 6.61 Å². The van der Waals surface area contributed by atoms with Crippen molar-refractivity contribution >= 4 is 17.3 Å². The molecule has 82 valence electrons. The van der Waals surface area contributed by atoms with Crippen LogP contribution in [0, 0.1) is 0 Å². The highest BCUT2D eigenvalue weighted by Gasteiger charge is 2.23. The molecule has 15 heavy (non-hydrogen) atoms. The van der Waals surface area contributed by atoms with Crippen molar-refractivity contribution < 1.29 is 9.53 Å². The van der Waals surface area contributed by atoms with Crippen molar-refractivity contribution in [2.45, 2.75) is 38.5 Å². The van der Waals surface area contributed by atoms with Gasteiger partial charge in [0.15, 0.2) is 0 Å². The number of esters is 1. The van der Waals surface area contributed by atoms with E-state index in [9.17, 15) is 4.79 Å². The van der Waals surface area contributed by atoms with Gasteiger partial charge in [-0.15, -0.1) is 10.2 Å². The van der Waals surface area contributed by atoms with Crippen molar-refractivity contribution in [1.29, 1.82) is 0 Å². The zero-order valence-corrected chi connectivity index (χ0v) is 9.55. The summed E-state index contributed by atoms with van der Waals surface area (Å²) in [6.45, 7) is 2.17. The van der Waals surface area contributed by atoms with E-state index < -0.39 is 0 Å². The van der Waals surface area contributed by atoms with Crippen molar-refractivity contribution in [3.63, 3.8) is 0 Å². The van der Waals surface area contributed by atoms with Crippen LogP contribution in [0.25, 0.3) is 0 Å². The molecule has 1 saturated carbocycles. The molecule has 0 unspecified atom stereocenters. The van der Waals surface area contributed by atoms with Crippen LogP contribution < -0.4 is 0 Å². The Balaban J connectivity index is 2.06.